The number of hydrogen-bond acceptors (Lipinski definition) is 3. The number of esters is 1. The lowest BCUT2D eigenvalue weighted by Crippen LogP contribution is -1.99. The Labute approximate surface area is 92.5 Å². The molecule has 2 nitrogen and oxygen atoms in total. The Kier molecular flexibility index (Phi) is 2.73. The van der Waals surface area contributed by atoms with E-state index in [-0.39, 0.29) is 5.97 Å². The average Bonchev–Trinajstić information content (AvgIpc) is 2.69. The summed E-state index contributed by atoms with van der Waals surface area (Å²) in [4.78, 5) is 12.7. The van der Waals surface area contributed by atoms with Gasteiger partial charge in [-0.25, -0.2) is 4.79 Å². The molecule has 15 heavy (non-hydrogen) atoms. The van der Waals surface area contributed by atoms with E-state index >= 15 is 0 Å². The number of benzene rings is 1. The van der Waals surface area contributed by atoms with Gasteiger partial charge in [0.05, 0.1) is 12.7 Å². The van der Waals surface area contributed by atoms with Crippen molar-refractivity contribution in [3.8, 4) is 0 Å². The Morgan fingerprint density at radius 1 is 1.40 bits per heavy atom. The van der Waals surface area contributed by atoms with E-state index in [1.807, 2.05) is 18.2 Å². The van der Waals surface area contributed by atoms with Crippen LogP contribution in [0.5, 0.6) is 0 Å². The van der Waals surface area contributed by atoms with Gasteiger partial charge in [-0.15, -0.1) is 11.3 Å². The predicted octanol–water partition coefficient (Wildman–Crippen LogP) is 3.25. The molecule has 0 bridgehead atoms. The van der Waals surface area contributed by atoms with Gasteiger partial charge in [0.2, 0.25) is 0 Å². The Hall–Kier alpha value is -1.35. The standard InChI is InChI=1S/C12H12O2S/c1-3-10-7-9-6-8(12(13)14-2)4-5-11(9)15-10/h4-7H,3H2,1-2H3. The number of aryl methyl sites for hydroxylation is 1. The first kappa shape index (κ1) is 10.2. The van der Waals surface area contributed by atoms with Crippen molar-refractivity contribution in [3.05, 3.63) is 34.7 Å². The molecule has 0 aliphatic rings. The third-order valence-corrected chi connectivity index (χ3v) is 3.60. The van der Waals surface area contributed by atoms with Gasteiger partial charge >= 0.3 is 5.97 Å². The smallest absolute Gasteiger partial charge is 0.337 e. The van der Waals surface area contributed by atoms with Gasteiger partial charge in [0, 0.05) is 9.58 Å². The van der Waals surface area contributed by atoms with Crippen LogP contribution < -0.4 is 0 Å². The van der Waals surface area contributed by atoms with E-state index in [2.05, 4.69) is 17.7 Å². The van der Waals surface area contributed by atoms with E-state index in [1.165, 1.54) is 16.7 Å². The number of hydrogen-bond donors (Lipinski definition) is 0. The molecule has 0 aliphatic carbocycles. The largest absolute Gasteiger partial charge is 0.465 e. The lowest BCUT2D eigenvalue weighted by atomic mass is 10.1. The summed E-state index contributed by atoms with van der Waals surface area (Å²) >= 11 is 1.77. The molecule has 0 saturated carbocycles. The van der Waals surface area contributed by atoms with Crippen LogP contribution in [-0.2, 0) is 11.2 Å². The summed E-state index contributed by atoms with van der Waals surface area (Å²) < 4.78 is 5.90. The molecule has 0 spiro atoms. The Balaban J connectivity index is 2.50. The van der Waals surface area contributed by atoms with Gasteiger partial charge in [-0.1, -0.05) is 6.92 Å². The predicted molar refractivity (Wildman–Crippen MR) is 62.5 cm³/mol. The second kappa shape index (κ2) is 4.03. The molecule has 0 saturated heterocycles. The summed E-state index contributed by atoms with van der Waals surface area (Å²) in [6.45, 7) is 2.13. The fourth-order valence-electron chi connectivity index (χ4n) is 1.52. The van der Waals surface area contributed by atoms with Crippen molar-refractivity contribution in [3.63, 3.8) is 0 Å². The van der Waals surface area contributed by atoms with Crippen LogP contribution >= 0.6 is 11.3 Å². The molecular formula is C12H12O2S. The van der Waals surface area contributed by atoms with Gasteiger partial charge in [0.1, 0.15) is 0 Å². The van der Waals surface area contributed by atoms with Crippen LogP contribution in [0, 0.1) is 0 Å². The SMILES string of the molecule is CCc1cc2cc(C(=O)OC)ccc2s1. The monoisotopic (exact) mass is 220 g/mol. The summed E-state index contributed by atoms with van der Waals surface area (Å²) in [5.41, 5.74) is 0.616. The number of carbonyl (C=O) groups excluding carboxylic acids is 1. The Morgan fingerprint density at radius 3 is 2.87 bits per heavy atom. The first-order chi connectivity index (χ1) is 7.24. The highest BCUT2D eigenvalue weighted by Gasteiger charge is 2.07. The van der Waals surface area contributed by atoms with E-state index in [4.69, 9.17) is 0 Å². The molecule has 0 fully saturated rings. The van der Waals surface area contributed by atoms with E-state index in [0.717, 1.165) is 11.8 Å². The highest BCUT2D eigenvalue weighted by molar-refractivity contribution is 7.19. The molecule has 0 radical (unpaired) electrons. The van der Waals surface area contributed by atoms with Crippen molar-refractivity contribution in [2.24, 2.45) is 0 Å². The molecular weight excluding hydrogens is 208 g/mol. The summed E-state index contributed by atoms with van der Waals surface area (Å²) in [6, 6.07) is 7.80. The van der Waals surface area contributed by atoms with Crippen molar-refractivity contribution in [2.45, 2.75) is 13.3 Å². The fourth-order valence-corrected chi connectivity index (χ4v) is 2.50. The van der Waals surface area contributed by atoms with E-state index in [1.54, 1.807) is 11.3 Å². The summed E-state index contributed by atoms with van der Waals surface area (Å²) in [6.07, 6.45) is 1.03. The van der Waals surface area contributed by atoms with Crippen LogP contribution in [0.15, 0.2) is 24.3 Å². The molecule has 0 N–H and O–H groups in total. The first-order valence-electron chi connectivity index (χ1n) is 4.85. The van der Waals surface area contributed by atoms with Crippen molar-refractivity contribution in [1.82, 2.24) is 0 Å². The molecule has 3 heteroatoms. The molecule has 1 aromatic carbocycles. The second-order valence-electron chi connectivity index (χ2n) is 3.31. The summed E-state index contributed by atoms with van der Waals surface area (Å²) in [5.74, 6) is -0.277. The van der Waals surface area contributed by atoms with Crippen LogP contribution in [0.25, 0.3) is 10.1 Å². The molecule has 78 valence electrons. The number of rotatable bonds is 2. The minimum absolute atomic E-state index is 0.277. The fraction of sp³-hybridized carbons (Fsp3) is 0.250. The van der Waals surface area contributed by atoms with E-state index in [0.29, 0.717) is 5.56 Å². The third kappa shape index (κ3) is 1.88. The van der Waals surface area contributed by atoms with Gasteiger partial charge in [-0.2, -0.15) is 0 Å². The van der Waals surface area contributed by atoms with Crippen LogP contribution in [0.1, 0.15) is 22.2 Å². The maximum absolute atomic E-state index is 11.3. The van der Waals surface area contributed by atoms with Gasteiger partial charge in [0.15, 0.2) is 0 Å². The van der Waals surface area contributed by atoms with Crippen LogP contribution in [-0.4, -0.2) is 13.1 Å². The van der Waals surface area contributed by atoms with Crippen molar-refractivity contribution >= 4 is 27.4 Å². The van der Waals surface area contributed by atoms with Crippen molar-refractivity contribution in [1.29, 1.82) is 0 Å². The van der Waals surface area contributed by atoms with E-state index in [9.17, 15) is 4.79 Å². The number of fused-ring (bicyclic) bond motifs is 1. The molecule has 0 atom stereocenters. The van der Waals surface area contributed by atoms with Gasteiger partial charge < -0.3 is 4.74 Å². The molecule has 2 rings (SSSR count). The normalized spacial score (nSPS) is 10.5. The van der Waals surface area contributed by atoms with Crippen molar-refractivity contribution < 1.29 is 9.53 Å². The minimum Gasteiger partial charge on any atom is -0.465 e. The zero-order valence-corrected chi connectivity index (χ0v) is 9.56. The van der Waals surface area contributed by atoms with Crippen LogP contribution in [0.4, 0.5) is 0 Å². The zero-order valence-electron chi connectivity index (χ0n) is 8.74. The van der Waals surface area contributed by atoms with Crippen LogP contribution in [0.2, 0.25) is 0 Å². The summed E-state index contributed by atoms with van der Waals surface area (Å²) in [5, 5.41) is 1.12. The molecule has 0 unspecified atom stereocenters. The molecule has 0 aliphatic heterocycles. The highest BCUT2D eigenvalue weighted by atomic mass is 32.1. The van der Waals surface area contributed by atoms with Gasteiger partial charge in [0.25, 0.3) is 0 Å². The highest BCUT2D eigenvalue weighted by Crippen LogP contribution is 2.26. The quantitative estimate of drug-likeness (QED) is 0.726. The molecule has 0 amide bonds. The number of carbonyl (C=O) groups is 1. The van der Waals surface area contributed by atoms with E-state index < -0.39 is 0 Å². The van der Waals surface area contributed by atoms with Gasteiger partial charge in [-0.05, 0) is 36.1 Å². The van der Waals surface area contributed by atoms with Gasteiger partial charge in [-0.3, -0.25) is 0 Å². The zero-order chi connectivity index (χ0) is 10.8. The number of thiophene rings is 1. The summed E-state index contributed by atoms with van der Waals surface area (Å²) in [7, 11) is 1.40. The topological polar surface area (TPSA) is 26.3 Å². The Bertz CT molecular complexity index is 499. The third-order valence-electron chi connectivity index (χ3n) is 2.34. The Morgan fingerprint density at radius 2 is 2.20 bits per heavy atom. The number of ether oxygens (including phenoxy) is 1. The molecule has 1 aromatic heterocycles. The lowest BCUT2D eigenvalue weighted by Gasteiger charge is -1.97. The first-order valence-corrected chi connectivity index (χ1v) is 5.67. The van der Waals surface area contributed by atoms with Crippen molar-refractivity contribution in [2.75, 3.05) is 7.11 Å². The molecule has 2 aromatic rings. The maximum Gasteiger partial charge on any atom is 0.337 e. The lowest BCUT2D eigenvalue weighted by molar-refractivity contribution is 0.0601. The van der Waals surface area contributed by atoms with Crippen LogP contribution in [0.3, 0.4) is 0 Å². The average molecular weight is 220 g/mol. The molecule has 1 heterocycles. The maximum atomic E-state index is 11.3. The minimum atomic E-state index is -0.277. The second-order valence-corrected chi connectivity index (χ2v) is 4.48. The number of methoxy groups -OCH3 is 1.